The molecule has 0 N–H and O–H groups in total. The molecule has 1 aromatic carbocycles. The van der Waals surface area contributed by atoms with Crippen molar-refractivity contribution in [2.24, 2.45) is 5.92 Å². The minimum absolute atomic E-state index is 0.00929. The van der Waals surface area contributed by atoms with Crippen molar-refractivity contribution in [3.8, 4) is 5.75 Å². The lowest BCUT2D eigenvalue weighted by atomic mass is 10.0. The van der Waals surface area contributed by atoms with Gasteiger partial charge in [-0.25, -0.2) is 0 Å². The molecule has 2 amide bonds. The number of anilines is 1. The molecule has 0 spiro atoms. The van der Waals surface area contributed by atoms with Crippen molar-refractivity contribution in [3.63, 3.8) is 0 Å². The second-order valence-corrected chi connectivity index (χ2v) is 6.61. The van der Waals surface area contributed by atoms with Crippen LogP contribution in [-0.2, 0) is 14.3 Å². The molecule has 2 aliphatic rings. The number of carbonyl (C=O) groups is 2. The third-order valence-electron chi connectivity index (χ3n) is 4.93. The Morgan fingerprint density at radius 1 is 1.32 bits per heavy atom. The van der Waals surface area contributed by atoms with Gasteiger partial charge in [0.2, 0.25) is 11.8 Å². The second-order valence-electron chi connectivity index (χ2n) is 6.61. The number of methoxy groups -OCH3 is 1. The van der Waals surface area contributed by atoms with E-state index in [0.717, 1.165) is 25.1 Å². The van der Waals surface area contributed by atoms with E-state index in [-0.39, 0.29) is 30.3 Å². The number of ether oxygens (including phenoxy) is 2. The normalized spacial score (nSPS) is 23.8. The Balaban J connectivity index is 1.66. The van der Waals surface area contributed by atoms with E-state index >= 15 is 0 Å². The van der Waals surface area contributed by atoms with Gasteiger partial charge in [0.1, 0.15) is 5.75 Å². The molecule has 3 rings (SSSR count). The molecule has 1 aromatic rings. The van der Waals surface area contributed by atoms with Gasteiger partial charge in [-0.05, 0) is 31.9 Å². The van der Waals surface area contributed by atoms with Crippen LogP contribution < -0.4 is 9.64 Å². The lowest BCUT2D eigenvalue weighted by Gasteiger charge is -2.34. The predicted octanol–water partition coefficient (Wildman–Crippen LogP) is 2.08. The largest absolute Gasteiger partial charge is 0.497 e. The number of hydrogen-bond donors (Lipinski definition) is 0. The summed E-state index contributed by atoms with van der Waals surface area (Å²) in [5, 5.41) is 0. The van der Waals surface area contributed by atoms with E-state index in [9.17, 15) is 9.59 Å². The van der Waals surface area contributed by atoms with Crippen LogP contribution in [0.3, 0.4) is 0 Å². The zero-order valence-electron chi connectivity index (χ0n) is 14.9. The molecule has 2 aliphatic heterocycles. The molecule has 2 unspecified atom stereocenters. The number of benzene rings is 1. The maximum atomic E-state index is 12.9. The van der Waals surface area contributed by atoms with Crippen molar-refractivity contribution in [1.29, 1.82) is 0 Å². The molecule has 25 heavy (non-hydrogen) atoms. The maximum Gasteiger partial charge on any atom is 0.228 e. The zero-order chi connectivity index (χ0) is 17.8. The fourth-order valence-corrected chi connectivity index (χ4v) is 3.67. The molecule has 0 radical (unpaired) electrons. The maximum absolute atomic E-state index is 12.9. The third-order valence-corrected chi connectivity index (χ3v) is 4.93. The summed E-state index contributed by atoms with van der Waals surface area (Å²) in [6.07, 6.45) is 2.34. The molecule has 6 nitrogen and oxygen atoms in total. The molecule has 0 saturated carbocycles. The van der Waals surface area contributed by atoms with Gasteiger partial charge in [0.25, 0.3) is 0 Å². The monoisotopic (exact) mass is 346 g/mol. The predicted molar refractivity (Wildman–Crippen MR) is 94.7 cm³/mol. The van der Waals surface area contributed by atoms with Gasteiger partial charge in [0.05, 0.1) is 19.1 Å². The molecule has 0 aromatic heterocycles. The molecule has 2 heterocycles. The summed E-state index contributed by atoms with van der Waals surface area (Å²) in [7, 11) is 1.60. The highest BCUT2D eigenvalue weighted by Gasteiger charge is 2.38. The van der Waals surface area contributed by atoms with Crippen LogP contribution in [0.2, 0.25) is 0 Å². The molecule has 2 atom stereocenters. The Bertz CT molecular complexity index is 632. The molecule has 2 saturated heterocycles. The SMILES string of the molecule is CCOC1CCCN(C(=O)C2CC(=O)N(c3cccc(OC)c3)C2)C1. The number of hydrogen-bond acceptors (Lipinski definition) is 4. The first-order chi connectivity index (χ1) is 12.1. The van der Waals surface area contributed by atoms with Crippen LogP contribution in [0.4, 0.5) is 5.69 Å². The third kappa shape index (κ3) is 3.95. The van der Waals surface area contributed by atoms with Crippen molar-refractivity contribution in [1.82, 2.24) is 4.90 Å². The van der Waals surface area contributed by atoms with E-state index in [0.29, 0.717) is 25.4 Å². The van der Waals surface area contributed by atoms with Crippen molar-refractivity contribution in [3.05, 3.63) is 24.3 Å². The van der Waals surface area contributed by atoms with Crippen LogP contribution in [0.5, 0.6) is 5.75 Å². The molecule has 6 heteroatoms. The highest BCUT2D eigenvalue weighted by molar-refractivity contribution is 6.00. The number of likely N-dealkylation sites (tertiary alicyclic amines) is 1. The van der Waals surface area contributed by atoms with Gasteiger partial charge >= 0.3 is 0 Å². The van der Waals surface area contributed by atoms with Crippen molar-refractivity contribution < 1.29 is 19.1 Å². The summed E-state index contributed by atoms with van der Waals surface area (Å²) in [6, 6.07) is 7.40. The van der Waals surface area contributed by atoms with Crippen LogP contribution in [0, 0.1) is 5.92 Å². The lowest BCUT2D eigenvalue weighted by molar-refractivity contribution is -0.139. The molecule has 0 aliphatic carbocycles. The van der Waals surface area contributed by atoms with Gasteiger partial charge in [0, 0.05) is 44.4 Å². The highest BCUT2D eigenvalue weighted by Crippen LogP contribution is 2.29. The van der Waals surface area contributed by atoms with Crippen molar-refractivity contribution >= 4 is 17.5 Å². The van der Waals surface area contributed by atoms with E-state index in [2.05, 4.69) is 0 Å². The fraction of sp³-hybridized carbons (Fsp3) is 0.579. The summed E-state index contributed by atoms with van der Waals surface area (Å²) in [5.41, 5.74) is 0.783. The van der Waals surface area contributed by atoms with Crippen LogP contribution >= 0.6 is 0 Å². The molecular formula is C19H26N2O4. The van der Waals surface area contributed by atoms with Gasteiger partial charge in [-0.1, -0.05) is 6.07 Å². The van der Waals surface area contributed by atoms with E-state index < -0.39 is 0 Å². The number of carbonyl (C=O) groups excluding carboxylic acids is 2. The molecule has 0 bridgehead atoms. The van der Waals surface area contributed by atoms with Crippen molar-refractivity contribution in [2.45, 2.75) is 32.3 Å². The smallest absolute Gasteiger partial charge is 0.228 e. The average Bonchev–Trinajstić information content (AvgIpc) is 3.03. The van der Waals surface area contributed by atoms with Gasteiger partial charge in [0.15, 0.2) is 0 Å². The van der Waals surface area contributed by atoms with Crippen LogP contribution in [0.15, 0.2) is 24.3 Å². The first-order valence-corrected chi connectivity index (χ1v) is 8.97. The van der Waals surface area contributed by atoms with E-state index in [1.807, 2.05) is 36.1 Å². The quantitative estimate of drug-likeness (QED) is 0.819. The number of rotatable bonds is 5. The van der Waals surface area contributed by atoms with E-state index in [4.69, 9.17) is 9.47 Å². The minimum atomic E-state index is -0.279. The summed E-state index contributed by atoms with van der Waals surface area (Å²) in [5.74, 6) is 0.489. The van der Waals surface area contributed by atoms with Crippen LogP contribution in [-0.4, -0.2) is 56.2 Å². The van der Waals surface area contributed by atoms with Crippen molar-refractivity contribution in [2.75, 3.05) is 38.3 Å². The Morgan fingerprint density at radius 2 is 2.16 bits per heavy atom. The first-order valence-electron chi connectivity index (χ1n) is 8.97. The highest BCUT2D eigenvalue weighted by atomic mass is 16.5. The number of piperidine rings is 1. The van der Waals surface area contributed by atoms with E-state index in [1.165, 1.54) is 0 Å². The summed E-state index contributed by atoms with van der Waals surface area (Å²) in [6.45, 7) is 4.46. The molecule has 136 valence electrons. The summed E-state index contributed by atoms with van der Waals surface area (Å²) < 4.78 is 10.9. The second kappa shape index (κ2) is 7.87. The lowest BCUT2D eigenvalue weighted by Crippen LogP contribution is -2.46. The Labute approximate surface area is 148 Å². The zero-order valence-corrected chi connectivity index (χ0v) is 14.9. The molecule has 2 fully saturated rings. The van der Waals surface area contributed by atoms with Crippen LogP contribution in [0.25, 0.3) is 0 Å². The minimum Gasteiger partial charge on any atom is -0.497 e. The topological polar surface area (TPSA) is 59.1 Å². The fourth-order valence-electron chi connectivity index (χ4n) is 3.67. The summed E-state index contributed by atoms with van der Waals surface area (Å²) >= 11 is 0. The number of nitrogens with zero attached hydrogens (tertiary/aromatic N) is 2. The Morgan fingerprint density at radius 3 is 2.92 bits per heavy atom. The van der Waals surface area contributed by atoms with Gasteiger partial charge < -0.3 is 19.3 Å². The van der Waals surface area contributed by atoms with E-state index in [1.54, 1.807) is 12.0 Å². The van der Waals surface area contributed by atoms with Gasteiger partial charge in [-0.3, -0.25) is 9.59 Å². The van der Waals surface area contributed by atoms with Gasteiger partial charge in [-0.2, -0.15) is 0 Å². The Hall–Kier alpha value is -2.08. The summed E-state index contributed by atoms with van der Waals surface area (Å²) in [4.78, 5) is 28.9. The standard InChI is InChI=1S/C19H26N2O4/c1-3-25-17-8-5-9-20(13-17)19(23)14-10-18(22)21(12-14)15-6-4-7-16(11-15)24-2/h4,6-7,11,14,17H,3,5,8-10,12-13H2,1-2H3. The number of amides is 2. The average molecular weight is 346 g/mol. The first kappa shape index (κ1) is 17.7. The Kier molecular flexibility index (Phi) is 5.58. The molecular weight excluding hydrogens is 320 g/mol. The van der Waals surface area contributed by atoms with Gasteiger partial charge in [-0.15, -0.1) is 0 Å². The van der Waals surface area contributed by atoms with Crippen LogP contribution in [0.1, 0.15) is 26.2 Å².